The average molecular weight is 943 g/mol. The quantitative estimate of drug-likeness (QED) is 0.0361. The molecule has 0 bridgehead atoms. The van der Waals surface area contributed by atoms with Crippen molar-refractivity contribution < 1.29 is 20.1 Å². The molecule has 0 radical (unpaired) electrons. The molecule has 0 aliphatic carbocycles. The number of amides is 1. The second-order valence-corrected chi connectivity index (χ2v) is 20.9. The Labute approximate surface area is 419 Å². The maximum absolute atomic E-state index is 12.6. The van der Waals surface area contributed by atoms with Crippen LogP contribution in [0.5, 0.6) is 0 Å². The van der Waals surface area contributed by atoms with Gasteiger partial charge in [-0.15, -0.1) is 0 Å². The summed E-state index contributed by atoms with van der Waals surface area (Å²) in [4.78, 5) is 12.6. The Kier molecular flexibility index (Phi) is 55.9. The lowest BCUT2D eigenvalue weighted by atomic mass is 10.0. The lowest BCUT2D eigenvalue weighted by Gasteiger charge is -2.21. The summed E-state index contributed by atoms with van der Waals surface area (Å²) in [6.45, 7) is 4.20. The molecule has 0 aliphatic heterocycles. The van der Waals surface area contributed by atoms with Gasteiger partial charge in [0.05, 0.1) is 18.8 Å². The van der Waals surface area contributed by atoms with Crippen molar-refractivity contribution in [1.29, 1.82) is 0 Å². The number of unbranched alkanes of at least 4 members (excludes halogenated alkanes) is 44. The van der Waals surface area contributed by atoms with E-state index in [4.69, 9.17) is 0 Å². The zero-order valence-corrected chi connectivity index (χ0v) is 45.3. The van der Waals surface area contributed by atoms with Crippen LogP contribution in [0.2, 0.25) is 0 Å². The Morgan fingerprint density at radius 3 is 0.910 bits per heavy atom. The van der Waals surface area contributed by atoms with E-state index in [9.17, 15) is 20.1 Å². The minimum absolute atomic E-state index is 0.379. The lowest BCUT2D eigenvalue weighted by Crippen LogP contribution is -2.48. The molecule has 0 aliphatic rings. The van der Waals surface area contributed by atoms with E-state index in [1.165, 1.54) is 263 Å². The summed E-state index contributed by atoms with van der Waals surface area (Å²) in [5, 5.41) is 33.3. The fraction of sp³-hybridized carbons (Fsp3) is 0.887. The van der Waals surface area contributed by atoms with Gasteiger partial charge in [-0.2, -0.15) is 0 Å². The Morgan fingerprint density at radius 2 is 0.612 bits per heavy atom. The van der Waals surface area contributed by atoms with Crippen molar-refractivity contribution in [2.75, 3.05) is 6.61 Å². The van der Waals surface area contributed by atoms with Gasteiger partial charge in [0.1, 0.15) is 6.10 Å². The topological polar surface area (TPSA) is 89.8 Å². The van der Waals surface area contributed by atoms with E-state index < -0.39 is 24.2 Å². The number of aliphatic hydroxyl groups is 3. The molecule has 396 valence electrons. The van der Waals surface area contributed by atoms with Crippen molar-refractivity contribution in [3.8, 4) is 0 Å². The molecule has 0 aromatic carbocycles. The number of hydrogen-bond acceptors (Lipinski definition) is 4. The Morgan fingerprint density at radius 1 is 0.358 bits per heavy atom. The third kappa shape index (κ3) is 52.2. The molecule has 0 aromatic rings. The number of carbonyl (C=O) groups is 1. The van der Waals surface area contributed by atoms with Crippen molar-refractivity contribution in [2.24, 2.45) is 0 Å². The smallest absolute Gasteiger partial charge is 0.249 e. The molecular weight excluding hydrogens is 823 g/mol. The van der Waals surface area contributed by atoms with Gasteiger partial charge < -0.3 is 20.6 Å². The van der Waals surface area contributed by atoms with Crippen LogP contribution in [0.15, 0.2) is 36.5 Å². The van der Waals surface area contributed by atoms with E-state index in [-0.39, 0.29) is 6.61 Å². The van der Waals surface area contributed by atoms with Gasteiger partial charge in [-0.25, -0.2) is 0 Å². The van der Waals surface area contributed by atoms with Crippen molar-refractivity contribution in [2.45, 2.75) is 347 Å². The van der Waals surface area contributed by atoms with Crippen molar-refractivity contribution in [1.82, 2.24) is 5.32 Å². The first kappa shape index (κ1) is 65.6. The maximum Gasteiger partial charge on any atom is 0.249 e. The molecule has 4 N–H and O–H groups in total. The molecule has 5 heteroatoms. The predicted molar refractivity (Wildman–Crippen MR) is 296 cm³/mol. The Hall–Kier alpha value is -1.43. The molecule has 0 rings (SSSR count). The molecule has 3 atom stereocenters. The summed E-state index contributed by atoms with van der Waals surface area (Å²) in [6, 6.07) is -0.820. The highest BCUT2D eigenvalue weighted by atomic mass is 16.3. The molecular formula is C62H119NO4. The molecule has 5 nitrogen and oxygen atoms in total. The number of carbonyl (C=O) groups excluding carboxylic acids is 1. The molecule has 0 saturated carbocycles. The van der Waals surface area contributed by atoms with E-state index in [0.717, 1.165) is 44.9 Å². The van der Waals surface area contributed by atoms with Crippen LogP contribution in [0.25, 0.3) is 0 Å². The van der Waals surface area contributed by atoms with Crippen LogP contribution < -0.4 is 5.32 Å². The summed E-state index contributed by atoms with van der Waals surface area (Å²) < 4.78 is 0. The summed E-state index contributed by atoms with van der Waals surface area (Å²) in [7, 11) is 0. The second-order valence-electron chi connectivity index (χ2n) is 20.9. The summed E-state index contributed by atoms with van der Waals surface area (Å²) in [5.41, 5.74) is 0. The first-order valence-corrected chi connectivity index (χ1v) is 30.3. The minimum Gasteiger partial charge on any atom is -0.394 e. The number of aliphatic hydroxyl groups excluding tert-OH is 3. The van der Waals surface area contributed by atoms with E-state index in [1.807, 2.05) is 6.08 Å². The monoisotopic (exact) mass is 942 g/mol. The van der Waals surface area contributed by atoms with Crippen molar-refractivity contribution in [3.63, 3.8) is 0 Å². The van der Waals surface area contributed by atoms with E-state index in [1.54, 1.807) is 6.08 Å². The zero-order chi connectivity index (χ0) is 48.6. The van der Waals surface area contributed by atoms with E-state index in [2.05, 4.69) is 43.5 Å². The van der Waals surface area contributed by atoms with E-state index >= 15 is 0 Å². The molecule has 0 heterocycles. The number of allylic oxidation sites excluding steroid dienone is 5. The molecule has 1 amide bonds. The number of rotatable bonds is 56. The van der Waals surface area contributed by atoms with Gasteiger partial charge in [0.15, 0.2) is 0 Å². The summed E-state index contributed by atoms with van der Waals surface area (Å²) >= 11 is 0. The van der Waals surface area contributed by atoms with Gasteiger partial charge in [-0.05, 0) is 44.9 Å². The molecule has 0 aromatic heterocycles. The number of hydrogen-bond donors (Lipinski definition) is 4. The standard InChI is InChI=1S/C62H119NO4/c1-3-5-7-9-11-13-15-17-19-21-23-24-25-26-27-28-29-30-31-32-33-34-35-36-37-39-41-43-45-47-49-51-53-55-57-61(66)62(67)63-59(58-64)60(65)56-54-52-50-48-46-44-42-40-38-22-20-18-16-14-12-10-8-6-4-2/h38,40,46,48,54,56,59-61,64-66H,3-37,39,41-45,47,49-53,55,57-58H2,1-2H3,(H,63,67)/b40-38+,48-46+,56-54+. The zero-order valence-electron chi connectivity index (χ0n) is 45.3. The van der Waals surface area contributed by atoms with Crippen LogP contribution in [0.4, 0.5) is 0 Å². The van der Waals surface area contributed by atoms with Gasteiger partial charge in [-0.1, -0.05) is 320 Å². The lowest BCUT2D eigenvalue weighted by molar-refractivity contribution is -0.131. The van der Waals surface area contributed by atoms with Gasteiger partial charge >= 0.3 is 0 Å². The predicted octanol–water partition coefficient (Wildman–Crippen LogP) is 19.0. The molecule has 0 fully saturated rings. The summed E-state index contributed by atoms with van der Waals surface area (Å²) in [5.74, 6) is -0.511. The van der Waals surface area contributed by atoms with Crippen molar-refractivity contribution >= 4 is 5.91 Å². The van der Waals surface area contributed by atoms with Gasteiger partial charge in [0.25, 0.3) is 0 Å². The maximum atomic E-state index is 12.6. The normalized spacial score (nSPS) is 13.4. The van der Waals surface area contributed by atoms with Crippen LogP contribution in [-0.4, -0.2) is 46.1 Å². The highest BCUT2D eigenvalue weighted by Gasteiger charge is 2.22. The average Bonchev–Trinajstić information content (AvgIpc) is 3.33. The Bertz CT molecular complexity index is 1040. The first-order chi connectivity index (χ1) is 33.1. The van der Waals surface area contributed by atoms with Crippen LogP contribution >= 0.6 is 0 Å². The van der Waals surface area contributed by atoms with Crippen LogP contribution in [0.3, 0.4) is 0 Å². The molecule has 67 heavy (non-hydrogen) atoms. The molecule has 0 spiro atoms. The van der Waals surface area contributed by atoms with Gasteiger partial charge in [0, 0.05) is 0 Å². The highest BCUT2D eigenvalue weighted by Crippen LogP contribution is 2.18. The molecule has 3 unspecified atom stereocenters. The van der Waals surface area contributed by atoms with Crippen LogP contribution in [-0.2, 0) is 4.79 Å². The largest absolute Gasteiger partial charge is 0.394 e. The fourth-order valence-electron chi connectivity index (χ4n) is 9.52. The Balaban J connectivity index is 3.52. The number of nitrogens with one attached hydrogen (secondary N) is 1. The van der Waals surface area contributed by atoms with Crippen LogP contribution in [0.1, 0.15) is 328 Å². The second kappa shape index (κ2) is 57.2. The van der Waals surface area contributed by atoms with Crippen molar-refractivity contribution in [3.05, 3.63) is 36.5 Å². The highest BCUT2D eigenvalue weighted by molar-refractivity contribution is 5.80. The molecule has 0 saturated heterocycles. The summed E-state index contributed by atoms with van der Waals surface area (Å²) in [6.07, 6.45) is 75.4. The minimum atomic E-state index is -1.11. The first-order valence-electron chi connectivity index (χ1n) is 30.3. The SMILES string of the molecule is CCCCCCCCCCC/C=C/CC/C=C/CC/C=C/C(O)C(CO)NC(=O)C(O)CCCCCCCCCCCCCCCCCCCCCCCCCCCCCCCCCCCC. The fourth-order valence-corrected chi connectivity index (χ4v) is 9.52. The van der Waals surface area contributed by atoms with Gasteiger partial charge in [-0.3, -0.25) is 4.79 Å². The van der Waals surface area contributed by atoms with Crippen LogP contribution in [0, 0.1) is 0 Å². The third-order valence-electron chi connectivity index (χ3n) is 14.2. The van der Waals surface area contributed by atoms with Gasteiger partial charge in [0.2, 0.25) is 5.91 Å². The third-order valence-corrected chi connectivity index (χ3v) is 14.2. The van der Waals surface area contributed by atoms with E-state index in [0.29, 0.717) is 6.42 Å².